The van der Waals surface area contributed by atoms with Crippen LogP contribution in [0.4, 0.5) is 0 Å². The van der Waals surface area contributed by atoms with Crippen LogP contribution in [-0.4, -0.2) is 16.1 Å². The van der Waals surface area contributed by atoms with Crippen LogP contribution in [0.5, 0.6) is 0 Å². The van der Waals surface area contributed by atoms with Gasteiger partial charge in [-0.25, -0.2) is 4.98 Å². The Morgan fingerprint density at radius 3 is 2.82 bits per heavy atom. The Morgan fingerprint density at radius 2 is 2.24 bits per heavy atom. The van der Waals surface area contributed by atoms with Gasteiger partial charge >= 0.3 is 5.97 Å². The summed E-state index contributed by atoms with van der Waals surface area (Å²) in [6.07, 6.45) is 0.665. The normalized spacial score (nSPS) is 10.7. The van der Waals surface area contributed by atoms with Crippen molar-refractivity contribution in [3.05, 3.63) is 28.5 Å². The van der Waals surface area contributed by atoms with E-state index in [2.05, 4.69) is 4.98 Å². The van der Waals surface area contributed by atoms with E-state index in [9.17, 15) is 4.79 Å². The van der Waals surface area contributed by atoms with Gasteiger partial charge in [-0.2, -0.15) is 0 Å². The Balaban J connectivity index is 2.21. The summed E-state index contributed by atoms with van der Waals surface area (Å²) in [7, 11) is 0. The van der Waals surface area contributed by atoms with E-state index in [1.807, 2.05) is 26.0 Å². The van der Waals surface area contributed by atoms with Crippen LogP contribution >= 0.6 is 11.3 Å². The molecule has 17 heavy (non-hydrogen) atoms. The molecule has 0 amide bonds. The number of aliphatic carboxylic acids is 1. The largest absolute Gasteiger partial charge is 0.481 e. The van der Waals surface area contributed by atoms with E-state index in [-0.39, 0.29) is 6.42 Å². The second-order valence-electron chi connectivity index (χ2n) is 3.83. The zero-order valence-electron chi connectivity index (χ0n) is 9.69. The van der Waals surface area contributed by atoms with Crippen LogP contribution in [0.15, 0.2) is 16.5 Å². The Kier molecular flexibility index (Phi) is 3.28. The summed E-state index contributed by atoms with van der Waals surface area (Å²) in [6.45, 7) is 3.78. The molecule has 0 spiro atoms. The number of hydrogen-bond acceptors (Lipinski definition) is 4. The summed E-state index contributed by atoms with van der Waals surface area (Å²) >= 11 is 1.50. The highest BCUT2D eigenvalue weighted by Gasteiger charge is 2.12. The summed E-state index contributed by atoms with van der Waals surface area (Å²) in [5, 5.41) is 9.47. The minimum atomic E-state index is -0.784. The van der Waals surface area contributed by atoms with Gasteiger partial charge in [0.1, 0.15) is 5.76 Å². The molecule has 0 saturated heterocycles. The molecular weight excluding hydrogens is 238 g/mol. The Morgan fingerprint density at radius 1 is 1.47 bits per heavy atom. The third-order valence-electron chi connectivity index (χ3n) is 2.41. The topological polar surface area (TPSA) is 63.3 Å². The van der Waals surface area contributed by atoms with E-state index in [1.165, 1.54) is 11.3 Å². The number of thiazole rings is 1. The molecule has 2 aromatic rings. The van der Waals surface area contributed by atoms with Crippen molar-refractivity contribution in [1.29, 1.82) is 0 Å². The average Bonchev–Trinajstić information content (AvgIpc) is 2.82. The van der Waals surface area contributed by atoms with E-state index >= 15 is 0 Å². The molecular formula is C12H13NO3S. The standard InChI is InChI=1S/C12H13NO3S/c1-7-3-4-9(16-7)12-13-8(2)10(17-12)5-6-11(14)15/h3-4H,5-6H2,1-2H3,(H,14,15). The van der Waals surface area contributed by atoms with Gasteiger partial charge in [-0.05, 0) is 32.4 Å². The van der Waals surface area contributed by atoms with Crippen LogP contribution < -0.4 is 0 Å². The maximum Gasteiger partial charge on any atom is 0.303 e. The molecule has 0 unspecified atom stereocenters. The summed E-state index contributed by atoms with van der Waals surface area (Å²) in [4.78, 5) is 15.9. The highest BCUT2D eigenvalue weighted by atomic mass is 32.1. The third kappa shape index (κ3) is 2.74. The maximum absolute atomic E-state index is 10.5. The van der Waals surface area contributed by atoms with Crippen LogP contribution in [0.3, 0.4) is 0 Å². The van der Waals surface area contributed by atoms with Gasteiger partial charge in [-0.3, -0.25) is 4.79 Å². The van der Waals surface area contributed by atoms with Crippen molar-refractivity contribution < 1.29 is 14.3 Å². The van der Waals surface area contributed by atoms with E-state index in [1.54, 1.807) is 0 Å². The van der Waals surface area contributed by atoms with Gasteiger partial charge in [-0.1, -0.05) is 0 Å². The number of rotatable bonds is 4. The van der Waals surface area contributed by atoms with Crippen LogP contribution in [0, 0.1) is 13.8 Å². The molecule has 4 nitrogen and oxygen atoms in total. The van der Waals surface area contributed by atoms with Gasteiger partial charge in [0.15, 0.2) is 10.8 Å². The number of nitrogens with zero attached hydrogens (tertiary/aromatic N) is 1. The van der Waals surface area contributed by atoms with Crippen molar-refractivity contribution in [2.75, 3.05) is 0 Å². The fraction of sp³-hybridized carbons (Fsp3) is 0.333. The lowest BCUT2D eigenvalue weighted by atomic mass is 10.2. The smallest absolute Gasteiger partial charge is 0.303 e. The molecule has 0 bridgehead atoms. The van der Waals surface area contributed by atoms with Crippen LogP contribution in [0.25, 0.3) is 10.8 Å². The number of carboxylic acids is 1. The van der Waals surface area contributed by atoms with Gasteiger partial charge in [0.25, 0.3) is 0 Å². The van der Waals surface area contributed by atoms with E-state index in [4.69, 9.17) is 9.52 Å². The molecule has 0 fully saturated rings. The Hall–Kier alpha value is -1.62. The minimum Gasteiger partial charge on any atom is -0.481 e. The summed E-state index contributed by atoms with van der Waals surface area (Å²) in [5.74, 6) is 0.810. The van der Waals surface area contributed by atoms with Crippen molar-refractivity contribution in [1.82, 2.24) is 4.98 Å². The monoisotopic (exact) mass is 251 g/mol. The van der Waals surface area contributed by atoms with Crippen molar-refractivity contribution in [2.45, 2.75) is 26.7 Å². The quantitative estimate of drug-likeness (QED) is 0.907. The lowest BCUT2D eigenvalue weighted by Gasteiger charge is -1.92. The molecule has 0 aliphatic heterocycles. The maximum atomic E-state index is 10.5. The van der Waals surface area contributed by atoms with Crippen molar-refractivity contribution in [2.24, 2.45) is 0 Å². The summed E-state index contributed by atoms with van der Waals surface area (Å²) in [5.41, 5.74) is 0.889. The number of aryl methyl sites for hydroxylation is 3. The number of hydrogen-bond donors (Lipinski definition) is 1. The predicted molar refractivity (Wildman–Crippen MR) is 65.2 cm³/mol. The van der Waals surface area contributed by atoms with Gasteiger partial charge in [0.2, 0.25) is 0 Å². The molecule has 90 valence electrons. The molecule has 0 atom stereocenters. The minimum absolute atomic E-state index is 0.139. The third-order valence-corrected chi connectivity index (χ3v) is 3.64. The highest BCUT2D eigenvalue weighted by Crippen LogP contribution is 2.29. The molecule has 0 aliphatic carbocycles. The van der Waals surface area contributed by atoms with Crippen molar-refractivity contribution >= 4 is 17.3 Å². The first-order valence-corrected chi connectivity index (χ1v) is 6.13. The lowest BCUT2D eigenvalue weighted by Crippen LogP contribution is -1.96. The highest BCUT2D eigenvalue weighted by molar-refractivity contribution is 7.15. The first-order chi connectivity index (χ1) is 8.06. The predicted octanol–water partition coefficient (Wildman–Crippen LogP) is 3.04. The molecule has 2 heterocycles. The summed E-state index contributed by atoms with van der Waals surface area (Å²) in [6, 6.07) is 3.78. The summed E-state index contributed by atoms with van der Waals surface area (Å²) < 4.78 is 5.50. The Bertz CT molecular complexity index is 542. The van der Waals surface area contributed by atoms with Gasteiger partial charge < -0.3 is 9.52 Å². The zero-order valence-corrected chi connectivity index (χ0v) is 10.5. The molecule has 0 saturated carbocycles. The van der Waals surface area contributed by atoms with Crippen LogP contribution in [0.1, 0.15) is 22.8 Å². The molecule has 0 aromatic carbocycles. The average molecular weight is 251 g/mol. The number of aromatic nitrogens is 1. The number of carbonyl (C=O) groups is 1. The molecule has 0 radical (unpaired) electrons. The van der Waals surface area contributed by atoms with Crippen LogP contribution in [0.2, 0.25) is 0 Å². The fourth-order valence-electron chi connectivity index (χ4n) is 1.54. The Labute approximate surface area is 103 Å². The van der Waals surface area contributed by atoms with Crippen molar-refractivity contribution in [3.8, 4) is 10.8 Å². The number of carboxylic acid groups (broad SMARTS) is 1. The van der Waals surface area contributed by atoms with Crippen LogP contribution in [-0.2, 0) is 11.2 Å². The fourth-order valence-corrected chi connectivity index (χ4v) is 2.56. The van der Waals surface area contributed by atoms with Crippen molar-refractivity contribution in [3.63, 3.8) is 0 Å². The van der Waals surface area contributed by atoms with E-state index in [0.29, 0.717) is 6.42 Å². The second kappa shape index (κ2) is 4.71. The number of furan rings is 1. The molecule has 2 rings (SSSR count). The SMILES string of the molecule is Cc1ccc(-c2nc(C)c(CCC(=O)O)s2)o1. The molecule has 2 aromatic heterocycles. The first kappa shape index (κ1) is 11.9. The van der Waals surface area contributed by atoms with Gasteiger partial charge in [0.05, 0.1) is 12.1 Å². The first-order valence-electron chi connectivity index (χ1n) is 5.31. The molecule has 0 aliphatic rings. The zero-order chi connectivity index (χ0) is 12.4. The van der Waals surface area contributed by atoms with E-state index in [0.717, 1.165) is 27.1 Å². The molecule has 5 heteroatoms. The van der Waals surface area contributed by atoms with Gasteiger partial charge in [-0.15, -0.1) is 11.3 Å². The molecule has 1 N–H and O–H groups in total. The lowest BCUT2D eigenvalue weighted by molar-refractivity contribution is -0.136. The van der Waals surface area contributed by atoms with E-state index < -0.39 is 5.97 Å². The van der Waals surface area contributed by atoms with Gasteiger partial charge in [0, 0.05) is 4.88 Å². The second-order valence-corrected chi connectivity index (χ2v) is 4.92.